The Hall–Kier alpha value is -3.29. The van der Waals surface area contributed by atoms with Gasteiger partial charge < -0.3 is 19.5 Å². The molecule has 0 aromatic heterocycles. The van der Waals surface area contributed by atoms with Gasteiger partial charge in [0.2, 0.25) is 5.75 Å². The Bertz CT molecular complexity index is 853. The molecular formula is C20H24N2O6. The molecule has 1 atom stereocenters. The number of amides is 1. The van der Waals surface area contributed by atoms with Crippen molar-refractivity contribution in [3.05, 3.63) is 57.6 Å². The number of methoxy groups -OCH3 is 2. The Morgan fingerprint density at radius 1 is 1.14 bits per heavy atom. The van der Waals surface area contributed by atoms with E-state index in [1.165, 1.54) is 25.3 Å². The first kappa shape index (κ1) is 21.0. The predicted octanol–water partition coefficient (Wildman–Crippen LogP) is 3.57. The van der Waals surface area contributed by atoms with Gasteiger partial charge in [0.05, 0.1) is 25.2 Å². The molecule has 150 valence electrons. The molecule has 1 amide bonds. The minimum absolute atomic E-state index is 0.0723. The molecule has 0 heterocycles. The van der Waals surface area contributed by atoms with Gasteiger partial charge in [-0.1, -0.05) is 19.1 Å². The van der Waals surface area contributed by atoms with E-state index in [2.05, 4.69) is 5.32 Å². The van der Waals surface area contributed by atoms with E-state index in [9.17, 15) is 14.9 Å². The SMILES string of the molecule is CC[C@@H](NC(=O)COc1ccc([N+](=O)[O-])c(OC)c1)c1ccc(OC)c(C)c1. The Morgan fingerprint density at radius 2 is 1.86 bits per heavy atom. The highest BCUT2D eigenvalue weighted by molar-refractivity contribution is 5.78. The van der Waals surface area contributed by atoms with Gasteiger partial charge in [-0.25, -0.2) is 0 Å². The lowest BCUT2D eigenvalue weighted by Gasteiger charge is -2.19. The van der Waals surface area contributed by atoms with E-state index in [4.69, 9.17) is 14.2 Å². The second kappa shape index (κ2) is 9.59. The number of nitrogens with one attached hydrogen (secondary N) is 1. The van der Waals surface area contributed by atoms with Gasteiger partial charge in [0.15, 0.2) is 6.61 Å². The van der Waals surface area contributed by atoms with Crippen molar-refractivity contribution < 1.29 is 23.9 Å². The molecule has 0 fully saturated rings. The number of nitro benzene ring substituents is 1. The third-order valence-corrected chi connectivity index (χ3v) is 4.28. The maximum Gasteiger partial charge on any atom is 0.311 e. The molecule has 0 aliphatic rings. The number of carbonyl (C=O) groups excluding carboxylic acids is 1. The minimum Gasteiger partial charge on any atom is -0.496 e. The number of carbonyl (C=O) groups is 1. The van der Waals surface area contributed by atoms with Crippen molar-refractivity contribution in [2.45, 2.75) is 26.3 Å². The predicted molar refractivity (Wildman–Crippen MR) is 104 cm³/mol. The summed E-state index contributed by atoms with van der Waals surface area (Å²) < 4.78 is 15.7. The van der Waals surface area contributed by atoms with Crippen LogP contribution in [0.25, 0.3) is 0 Å². The van der Waals surface area contributed by atoms with Crippen LogP contribution < -0.4 is 19.5 Å². The third kappa shape index (κ3) is 5.12. The first-order chi connectivity index (χ1) is 13.4. The van der Waals surface area contributed by atoms with Crippen LogP contribution in [0.15, 0.2) is 36.4 Å². The molecule has 2 aromatic rings. The van der Waals surface area contributed by atoms with Crippen LogP contribution in [0.3, 0.4) is 0 Å². The molecule has 2 rings (SSSR count). The van der Waals surface area contributed by atoms with E-state index >= 15 is 0 Å². The number of hydrogen-bond donors (Lipinski definition) is 1. The van der Waals surface area contributed by atoms with Crippen molar-refractivity contribution in [2.75, 3.05) is 20.8 Å². The molecule has 1 N–H and O–H groups in total. The number of aryl methyl sites for hydroxylation is 1. The molecule has 0 unspecified atom stereocenters. The number of ether oxygens (including phenoxy) is 3. The Balaban J connectivity index is 2.01. The number of hydrogen-bond acceptors (Lipinski definition) is 6. The molecule has 28 heavy (non-hydrogen) atoms. The Morgan fingerprint density at radius 3 is 2.43 bits per heavy atom. The van der Waals surface area contributed by atoms with E-state index in [0.29, 0.717) is 12.2 Å². The van der Waals surface area contributed by atoms with Crippen molar-refractivity contribution in [3.63, 3.8) is 0 Å². The summed E-state index contributed by atoms with van der Waals surface area (Å²) in [4.78, 5) is 22.7. The summed E-state index contributed by atoms with van der Waals surface area (Å²) in [5.74, 6) is 0.881. The topological polar surface area (TPSA) is 99.9 Å². The zero-order valence-electron chi connectivity index (χ0n) is 16.4. The van der Waals surface area contributed by atoms with Crippen molar-refractivity contribution in [1.29, 1.82) is 0 Å². The van der Waals surface area contributed by atoms with E-state index in [1.807, 2.05) is 32.0 Å². The lowest BCUT2D eigenvalue weighted by molar-refractivity contribution is -0.385. The lowest BCUT2D eigenvalue weighted by Crippen LogP contribution is -2.32. The lowest BCUT2D eigenvalue weighted by atomic mass is 10.0. The standard InChI is InChI=1S/C20H24N2O6/c1-5-16(14-6-9-18(26-3)13(2)10-14)21-20(23)12-28-15-7-8-17(22(24)25)19(11-15)27-4/h6-11,16H,5,12H2,1-4H3,(H,21,23)/t16-/m1/s1. The molecule has 0 spiro atoms. The van der Waals surface area contributed by atoms with E-state index in [1.54, 1.807) is 7.11 Å². The van der Waals surface area contributed by atoms with Gasteiger partial charge in [-0.15, -0.1) is 0 Å². The van der Waals surface area contributed by atoms with Gasteiger partial charge in [0.1, 0.15) is 11.5 Å². The summed E-state index contributed by atoms with van der Waals surface area (Å²) in [6.45, 7) is 3.71. The van der Waals surface area contributed by atoms with Gasteiger partial charge >= 0.3 is 5.69 Å². The van der Waals surface area contributed by atoms with Crippen LogP contribution in [-0.2, 0) is 4.79 Å². The van der Waals surface area contributed by atoms with Crippen molar-refractivity contribution in [2.24, 2.45) is 0 Å². The summed E-state index contributed by atoms with van der Waals surface area (Å²) in [7, 11) is 2.95. The minimum atomic E-state index is -0.544. The molecular weight excluding hydrogens is 364 g/mol. The summed E-state index contributed by atoms with van der Waals surface area (Å²) in [6.07, 6.45) is 0.711. The maximum absolute atomic E-state index is 12.3. The molecule has 2 aromatic carbocycles. The molecule has 0 saturated carbocycles. The quantitative estimate of drug-likeness (QED) is 0.521. The van der Waals surface area contributed by atoms with Crippen LogP contribution in [0.4, 0.5) is 5.69 Å². The van der Waals surface area contributed by atoms with Crippen LogP contribution in [-0.4, -0.2) is 31.7 Å². The van der Waals surface area contributed by atoms with E-state index in [0.717, 1.165) is 16.9 Å². The molecule has 0 aliphatic carbocycles. The largest absolute Gasteiger partial charge is 0.496 e. The molecule has 8 heteroatoms. The fourth-order valence-electron chi connectivity index (χ4n) is 2.82. The number of nitrogens with zero attached hydrogens (tertiary/aromatic N) is 1. The number of nitro groups is 1. The van der Waals surface area contributed by atoms with Crippen molar-refractivity contribution >= 4 is 11.6 Å². The maximum atomic E-state index is 12.3. The second-order valence-electron chi connectivity index (χ2n) is 6.14. The third-order valence-electron chi connectivity index (χ3n) is 4.28. The smallest absolute Gasteiger partial charge is 0.311 e. The zero-order valence-corrected chi connectivity index (χ0v) is 16.4. The summed E-state index contributed by atoms with van der Waals surface area (Å²) >= 11 is 0. The second-order valence-corrected chi connectivity index (χ2v) is 6.14. The fourth-order valence-corrected chi connectivity index (χ4v) is 2.82. The average molecular weight is 388 g/mol. The fraction of sp³-hybridized carbons (Fsp3) is 0.350. The number of benzene rings is 2. The molecule has 0 radical (unpaired) electrons. The summed E-state index contributed by atoms with van der Waals surface area (Å²) in [5.41, 5.74) is 1.80. The Labute approximate surface area is 163 Å². The molecule has 0 aliphatic heterocycles. The highest BCUT2D eigenvalue weighted by atomic mass is 16.6. The van der Waals surface area contributed by atoms with E-state index in [-0.39, 0.29) is 30.0 Å². The van der Waals surface area contributed by atoms with Crippen molar-refractivity contribution in [1.82, 2.24) is 5.32 Å². The van der Waals surface area contributed by atoms with Crippen LogP contribution in [0.5, 0.6) is 17.2 Å². The van der Waals surface area contributed by atoms with E-state index < -0.39 is 4.92 Å². The monoisotopic (exact) mass is 388 g/mol. The van der Waals surface area contributed by atoms with Crippen molar-refractivity contribution in [3.8, 4) is 17.2 Å². The van der Waals surface area contributed by atoms with Crippen LogP contribution in [0.2, 0.25) is 0 Å². The van der Waals surface area contributed by atoms with Gasteiger partial charge in [-0.2, -0.15) is 0 Å². The zero-order chi connectivity index (χ0) is 20.7. The average Bonchev–Trinajstić information content (AvgIpc) is 2.69. The van der Waals surface area contributed by atoms with Crippen LogP contribution in [0, 0.1) is 17.0 Å². The number of rotatable bonds is 9. The van der Waals surface area contributed by atoms with Crippen LogP contribution >= 0.6 is 0 Å². The molecule has 8 nitrogen and oxygen atoms in total. The van der Waals surface area contributed by atoms with Gasteiger partial charge in [0.25, 0.3) is 5.91 Å². The molecule has 0 saturated heterocycles. The van der Waals surface area contributed by atoms with Gasteiger partial charge in [-0.05, 0) is 36.6 Å². The first-order valence-corrected chi connectivity index (χ1v) is 8.78. The highest BCUT2D eigenvalue weighted by Gasteiger charge is 2.17. The van der Waals surface area contributed by atoms with Gasteiger partial charge in [-0.3, -0.25) is 14.9 Å². The first-order valence-electron chi connectivity index (χ1n) is 8.78. The normalized spacial score (nSPS) is 11.4. The summed E-state index contributed by atoms with van der Waals surface area (Å²) in [5, 5.41) is 13.9. The van der Waals surface area contributed by atoms with Gasteiger partial charge in [0, 0.05) is 12.1 Å². The van der Waals surface area contributed by atoms with Crippen LogP contribution in [0.1, 0.15) is 30.5 Å². The summed E-state index contributed by atoms with van der Waals surface area (Å²) in [6, 6.07) is 9.71. The Kier molecular flexibility index (Phi) is 7.20. The highest BCUT2D eigenvalue weighted by Crippen LogP contribution is 2.30. The molecule has 0 bridgehead atoms.